The number of hydrogen-bond donors (Lipinski definition) is 3. The number of carbonyl (C=O) groups is 1. The largest absolute Gasteiger partial charge is 0.384 e. The van der Waals surface area contributed by atoms with Gasteiger partial charge in [-0.3, -0.25) is 4.79 Å². The predicted molar refractivity (Wildman–Crippen MR) is 64.7 cm³/mol. The number of amides is 1. The molecule has 3 N–H and O–H groups in total. The maximum Gasteiger partial charge on any atom is 0.277 e. The van der Waals surface area contributed by atoms with E-state index >= 15 is 0 Å². The van der Waals surface area contributed by atoms with Gasteiger partial charge in [0.05, 0.1) is 11.8 Å². The van der Waals surface area contributed by atoms with Crippen LogP contribution in [0.5, 0.6) is 0 Å². The Balaban J connectivity index is 2.19. The number of halogens is 1. The molecule has 0 bridgehead atoms. The van der Waals surface area contributed by atoms with Gasteiger partial charge < -0.3 is 10.4 Å². The molecule has 0 saturated carbocycles. The van der Waals surface area contributed by atoms with E-state index in [9.17, 15) is 9.18 Å². The lowest BCUT2D eigenvalue weighted by atomic mass is 10.2. The van der Waals surface area contributed by atoms with Crippen LogP contribution in [0.1, 0.15) is 16.1 Å². The van der Waals surface area contributed by atoms with Gasteiger partial charge in [0, 0.05) is 5.69 Å². The normalized spacial score (nSPS) is 9.58. The van der Waals surface area contributed by atoms with Crippen molar-refractivity contribution in [2.24, 2.45) is 0 Å². The Bertz CT molecular complexity index is 643. The summed E-state index contributed by atoms with van der Waals surface area (Å²) in [7, 11) is 0. The van der Waals surface area contributed by atoms with Crippen molar-refractivity contribution in [3.8, 4) is 11.8 Å². The second-order valence-corrected chi connectivity index (χ2v) is 3.46. The Kier molecular flexibility index (Phi) is 3.85. The summed E-state index contributed by atoms with van der Waals surface area (Å²) in [5, 5.41) is 20.5. The minimum Gasteiger partial charge on any atom is -0.384 e. The van der Waals surface area contributed by atoms with Crippen LogP contribution in [0.3, 0.4) is 0 Å². The van der Waals surface area contributed by atoms with E-state index < -0.39 is 11.7 Å². The van der Waals surface area contributed by atoms with E-state index in [4.69, 9.17) is 5.11 Å². The van der Waals surface area contributed by atoms with Gasteiger partial charge in [-0.1, -0.05) is 11.8 Å². The lowest BCUT2D eigenvalue weighted by Crippen LogP contribution is -2.12. The van der Waals surface area contributed by atoms with Crippen LogP contribution in [0.2, 0.25) is 0 Å². The first-order valence-electron chi connectivity index (χ1n) is 5.27. The van der Waals surface area contributed by atoms with E-state index in [0.717, 1.165) is 0 Å². The summed E-state index contributed by atoms with van der Waals surface area (Å²) < 4.78 is 13.4. The highest BCUT2D eigenvalue weighted by molar-refractivity contribution is 6.02. The number of carbonyl (C=O) groups excluding carboxylic acids is 1. The fourth-order valence-corrected chi connectivity index (χ4v) is 1.34. The van der Waals surface area contributed by atoms with E-state index in [1.54, 1.807) is 0 Å². The monoisotopic (exact) mass is 260 g/mol. The molecule has 0 aliphatic rings. The second kappa shape index (κ2) is 5.75. The molecular weight excluding hydrogens is 251 g/mol. The Morgan fingerprint density at radius 1 is 1.53 bits per heavy atom. The Labute approximate surface area is 107 Å². The number of hydrogen-bond acceptors (Lipinski definition) is 4. The van der Waals surface area contributed by atoms with Crippen molar-refractivity contribution in [3.05, 3.63) is 41.5 Å². The van der Waals surface area contributed by atoms with Gasteiger partial charge in [0.2, 0.25) is 0 Å². The summed E-state index contributed by atoms with van der Waals surface area (Å²) in [6.45, 7) is -0.366. The van der Waals surface area contributed by atoms with Crippen LogP contribution in [0, 0.1) is 17.7 Å². The number of aromatic amines is 1. The number of nitrogens with zero attached hydrogens (tertiary/aromatic N) is 2. The summed E-state index contributed by atoms with van der Waals surface area (Å²) in [5.41, 5.74) is 0.580. The molecule has 6 nitrogen and oxygen atoms in total. The van der Waals surface area contributed by atoms with Crippen molar-refractivity contribution in [1.82, 2.24) is 15.4 Å². The van der Waals surface area contributed by atoms with Crippen LogP contribution < -0.4 is 5.32 Å². The molecule has 1 aromatic carbocycles. The molecular formula is C12H9FN4O2. The van der Waals surface area contributed by atoms with Gasteiger partial charge in [0.1, 0.15) is 12.4 Å². The van der Waals surface area contributed by atoms with E-state index in [-0.39, 0.29) is 17.9 Å². The highest BCUT2D eigenvalue weighted by Crippen LogP contribution is 2.14. The van der Waals surface area contributed by atoms with E-state index in [0.29, 0.717) is 5.69 Å². The fourth-order valence-electron chi connectivity index (χ4n) is 1.34. The van der Waals surface area contributed by atoms with Crippen LogP contribution in [-0.2, 0) is 0 Å². The molecule has 0 saturated heterocycles. The number of rotatable bonds is 2. The molecule has 0 fully saturated rings. The van der Waals surface area contributed by atoms with Gasteiger partial charge >= 0.3 is 0 Å². The molecule has 1 heterocycles. The van der Waals surface area contributed by atoms with Crippen molar-refractivity contribution >= 4 is 11.6 Å². The summed E-state index contributed by atoms with van der Waals surface area (Å²) >= 11 is 0. The number of nitrogens with one attached hydrogen (secondary N) is 2. The molecule has 2 aromatic rings. The minimum atomic E-state index is -0.527. The number of aliphatic hydroxyl groups is 1. The summed E-state index contributed by atoms with van der Waals surface area (Å²) in [5.74, 6) is 3.79. The van der Waals surface area contributed by atoms with Crippen molar-refractivity contribution in [2.75, 3.05) is 11.9 Å². The first-order valence-corrected chi connectivity index (χ1v) is 5.27. The molecule has 0 atom stereocenters. The van der Waals surface area contributed by atoms with Crippen molar-refractivity contribution in [3.63, 3.8) is 0 Å². The van der Waals surface area contributed by atoms with Crippen LogP contribution >= 0.6 is 0 Å². The molecule has 0 aliphatic carbocycles. The molecule has 96 valence electrons. The van der Waals surface area contributed by atoms with Gasteiger partial charge in [-0.05, 0) is 18.2 Å². The minimum absolute atomic E-state index is 0.0898. The third-order valence-corrected chi connectivity index (χ3v) is 2.17. The molecule has 0 radical (unpaired) electrons. The van der Waals surface area contributed by atoms with E-state index in [1.807, 2.05) is 0 Å². The predicted octanol–water partition coefficient (Wildman–Crippen LogP) is 0.540. The SMILES string of the molecule is O=C(Nc1ccc(F)c(C#CCO)c1)c1cn[nH]n1. The average molecular weight is 260 g/mol. The number of aliphatic hydroxyl groups excluding tert-OH is 1. The van der Waals surface area contributed by atoms with Crippen molar-refractivity contribution in [1.29, 1.82) is 0 Å². The molecule has 0 spiro atoms. The summed E-state index contributed by atoms with van der Waals surface area (Å²) in [6, 6.07) is 3.95. The molecule has 7 heteroatoms. The van der Waals surface area contributed by atoms with Gasteiger partial charge in [-0.25, -0.2) is 4.39 Å². The zero-order valence-corrected chi connectivity index (χ0v) is 9.64. The van der Waals surface area contributed by atoms with Crippen LogP contribution in [-0.4, -0.2) is 33.0 Å². The lowest BCUT2D eigenvalue weighted by Gasteiger charge is -2.04. The van der Waals surface area contributed by atoms with Gasteiger partial charge in [-0.15, -0.1) is 0 Å². The molecule has 0 aliphatic heterocycles. The standard InChI is InChI=1S/C12H9FN4O2/c13-10-4-3-9(6-8(10)2-1-5-18)15-12(19)11-7-14-17-16-11/h3-4,6-7,18H,5H2,(H,15,19)(H,14,16,17). The van der Waals surface area contributed by atoms with Crippen molar-refractivity contribution < 1.29 is 14.3 Å². The Morgan fingerprint density at radius 3 is 3.05 bits per heavy atom. The van der Waals surface area contributed by atoms with Crippen LogP contribution in [0.4, 0.5) is 10.1 Å². The topological polar surface area (TPSA) is 90.9 Å². The summed E-state index contributed by atoms with van der Waals surface area (Å²) in [4.78, 5) is 11.7. The van der Waals surface area contributed by atoms with Crippen LogP contribution in [0.15, 0.2) is 24.4 Å². The third-order valence-electron chi connectivity index (χ3n) is 2.17. The maximum atomic E-state index is 13.4. The second-order valence-electron chi connectivity index (χ2n) is 3.46. The Morgan fingerprint density at radius 2 is 2.37 bits per heavy atom. The third kappa shape index (κ3) is 3.14. The highest BCUT2D eigenvalue weighted by Gasteiger charge is 2.09. The number of anilines is 1. The Hall–Kier alpha value is -2.72. The maximum absolute atomic E-state index is 13.4. The quantitative estimate of drug-likeness (QED) is 0.687. The van der Waals surface area contributed by atoms with Crippen LogP contribution in [0.25, 0.3) is 0 Å². The average Bonchev–Trinajstić information content (AvgIpc) is 2.93. The zero-order chi connectivity index (χ0) is 13.7. The van der Waals surface area contributed by atoms with E-state index in [2.05, 4.69) is 32.6 Å². The van der Waals surface area contributed by atoms with Crippen molar-refractivity contribution in [2.45, 2.75) is 0 Å². The van der Waals surface area contributed by atoms with Gasteiger partial charge in [0.25, 0.3) is 5.91 Å². The fraction of sp³-hybridized carbons (Fsp3) is 0.0833. The number of benzene rings is 1. The van der Waals surface area contributed by atoms with Gasteiger partial charge in [-0.2, -0.15) is 15.4 Å². The lowest BCUT2D eigenvalue weighted by molar-refractivity contribution is 0.102. The molecule has 1 amide bonds. The number of H-pyrrole nitrogens is 1. The first-order chi connectivity index (χ1) is 9.20. The molecule has 2 rings (SSSR count). The highest BCUT2D eigenvalue weighted by atomic mass is 19.1. The molecule has 0 unspecified atom stereocenters. The molecule has 19 heavy (non-hydrogen) atoms. The first kappa shape index (κ1) is 12.7. The van der Waals surface area contributed by atoms with E-state index in [1.165, 1.54) is 24.4 Å². The smallest absolute Gasteiger partial charge is 0.277 e. The summed E-state index contributed by atoms with van der Waals surface area (Å²) in [6.07, 6.45) is 1.27. The number of aromatic nitrogens is 3. The molecule has 1 aromatic heterocycles. The zero-order valence-electron chi connectivity index (χ0n) is 9.64. The van der Waals surface area contributed by atoms with Gasteiger partial charge in [0.15, 0.2) is 5.69 Å².